The van der Waals surface area contributed by atoms with Crippen LogP contribution in [0.1, 0.15) is 61.9 Å². The minimum absolute atomic E-state index is 0.0266. The maximum absolute atomic E-state index is 15.3. The van der Waals surface area contributed by atoms with Gasteiger partial charge in [0.1, 0.15) is 5.56 Å². The fourth-order valence-electron chi connectivity index (χ4n) is 4.98. The molecule has 200 valence electrons. The van der Waals surface area contributed by atoms with Gasteiger partial charge in [-0.2, -0.15) is 26.3 Å². The molecule has 1 amide bonds. The maximum Gasteiger partial charge on any atom is 0.420 e. The molecular weight excluding hydrogens is 513 g/mol. The van der Waals surface area contributed by atoms with Gasteiger partial charge in [0, 0.05) is 36.6 Å². The van der Waals surface area contributed by atoms with Crippen molar-refractivity contribution in [1.29, 1.82) is 0 Å². The molecule has 1 atom stereocenters. The summed E-state index contributed by atoms with van der Waals surface area (Å²) >= 11 is 0.620. The molecule has 2 N–H and O–H groups in total. The van der Waals surface area contributed by atoms with E-state index in [1.165, 1.54) is 10.3 Å². The largest absolute Gasteiger partial charge is 0.420 e. The van der Waals surface area contributed by atoms with Gasteiger partial charge in [-0.3, -0.25) is 4.79 Å². The fraction of sp³-hybridized carbons (Fsp3) is 0.652. The van der Waals surface area contributed by atoms with Crippen LogP contribution >= 0.6 is 11.3 Å². The molecule has 1 aliphatic heterocycles. The molecule has 3 heterocycles. The molecule has 2 aliphatic rings. The Morgan fingerprint density at radius 2 is 1.75 bits per heavy atom. The minimum Gasteiger partial charge on any atom is -0.353 e. The van der Waals surface area contributed by atoms with Crippen LogP contribution in [-0.4, -0.2) is 48.3 Å². The second kappa shape index (κ2) is 9.96. The summed E-state index contributed by atoms with van der Waals surface area (Å²) in [6.45, 7) is 3.79. The van der Waals surface area contributed by atoms with Crippen molar-refractivity contribution >= 4 is 33.3 Å². The highest BCUT2D eigenvalue weighted by Crippen LogP contribution is 2.43. The van der Waals surface area contributed by atoms with E-state index in [4.69, 9.17) is 0 Å². The topological polar surface area (TPSA) is 57.3 Å². The van der Waals surface area contributed by atoms with Crippen LogP contribution in [0, 0.1) is 11.7 Å². The van der Waals surface area contributed by atoms with E-state index in [1.54, 1.807) is 13.8 Å². The zero-order valence-corrected chi connectivity index (χ0v) is 20.5. The molecule has 4 rings (SSSR count). The van der Waals surface area contributed by atoms with Crippen molar-refractivity contribution in [1.82, 2.24) is 15.6 Å². The number of carbonyl (C=O) groups excluding carboxylic acids is 1. The molecule has 0 aromatic carbocycles. The molecule has 13 heteroatoms. The first-order valence-corrected chi connectivity index (χ1v) is 12.7. The van der Waals surface area contributed by atoms with Crippen LogP contribution in [0.2, 0.25) is 0 Å². The average Bonchev–Trinajstić information content (AvgIpc) is 3.38. The molecule has 36 heavy (non-hydrogen) atoms. The number of pyridine rings is 1. The van der Waals surface area contributed by atoms with Crippen LogP contribution in [0.25, 0.3) is 10.2 Å². The van der Waals surface area contributed by atoms with E-state index >= 15 is 4.39 Å². The van der Waals surface area contributed by atoms with Crippen molar-refractivity contribution in [3.05, 3.63) is 22.3 Å². The van der Waals surface area contributed by atoms with Gasteiger partial charge in [-0.15, -0.1) is 11.3 Å². The monoisotopic (exact) mass is 540 g/mol. The zero-order chi connectivity index (χ0) is 26.4. The molecule has 1 aliphatic carbocycles. The highest BCUT2D eigenvalue weighted by molar-refractivity contribution is 7.17. The first-order valence-electron chi connectivity index (χ1n) is 11.8. The Morgan fingerprint density at radius 3 is 2.33 bits per heavy atom. The number of carbonyl (C=O) groups is 1. The molecule has 1 saturated heterocycles. The lowest BCUT2D eigenvalue weighted by atomic mass is 9.85. The number of aromatic nitrogens is 1. The Kier molecular flexibility index (Phi) is 7.44. The van der Waals surface area contributed by atoms with Crippen molar-refractivity contribution in [2.24, 2.45) is 5.92 Å². The smallest absolute Gasteiger partial charge is 0.353 e. The van der Waals surface area contributed by atoms with Gasteiger partial charge >= 0.3 is 12.4 Å². The molecule has 5 nitrogen and oxygen atoms in total. The summed E-state index contributed by atoms with van der Waals surface area (Å²) < 4.78 is 95.3. The lowest BCUT2D eigenvalue weighted by Gasteiger charge is -2.32. The lowest BCUT2D eigenvalue weighted by Crippen LogP contribution is -2.43. The predicted octanol–water partition coefficient (Wildman–Crippen LogP) is 5.88. The third-order valence-electron chi connectivity index (χ3n) is 6.72. The standard InChI is InChI=1S/C23H27F7N4OS/c1-11(2)31-21(35)15-10-36-19-16(23(28,29)30)17(24)20(33-18(15)19)34-8-7-14(9-34)32-13-5-3-12(4-6-13)22(25,26)27/h10-14,32H,3-9H2,1-2H3,(H,31,35). The average molecular weight is 541 g/mol. The normalized spacial score (nSPS) is 23.6. The number of nitrogens with one attached hydrogen (secondary N) is 2. The summed E-state index contributed by atoms with van der Waals surface area (Å²) in [6, 6.07) is -0.622. The van der Waals surface area contributed by atoms with Gasteiger partial charge < -0.3 is 15.5 Å². The van der Waals surface area contributed by atoms with E-state index in [9.17, 15) is 31.1 Å². The van der Waals surface area contributed by atoms with Crippen molar-refractivity contribution in [2.45, 2.75) is 76.4 Å². The van der Waals surface area contributed by atoms with Gasteiger partial charge in [0.05, 0.1) is 21.7 Å². The zero-order valence-electron chi connectivity index (χ0n) is 19.7. The van der Waals surface area contributed by atoms with E-state index in [1.807, 2.05) is 0 Å². The van der Waals surface area contributed by atoms with Gasteiger partial charge in [-0.25, -0.2) is 9.37 Å². The number of alkyl halides is 6. The van der Waals surface area contributed by atoms with Gasteiger partial charge in [-0.1, -0.05) is 0 Å². The number of rotatable bonds is 5. The van der Waals surface area contributed by atoms with E-state index in [0.29, 0.717) is 30.6 Å². The number of anilines is 1. The number of halogens is 7. The van der Waals surface area contributed by atoms with Crippen LogP contribution in [0.15, 0.2) is 5.38 Å². The lowest BCUT2D eigenvalue weighted by molar-refractivity contribution is -0.182. The molecule has 2 aromatic rings. The number of hydrogen-bond acceptors (Lipinski definition) is 5. The Morgan fingerprint density at radius 1 is 1.08 bits per heavy atom. The van der Waals surface area contributed by atoms with Gasteiger partial charge in [0.25, 0.3) is 5.91 Å². The van der Waals surface area contributed by atoms with E-state index in [0.717, 1.165) is 0 Å². The Balaban J connectivity index is 1.56. The van der Waals surface area contributed by atoms with Crippen molar-refractivity contribution in [2.75, 3.05) is 18.0 Å². The van der Waals surface area contributed by atoms with Crippen molar-refractivity contribution in [3.8, 4) is 0 Å². The molecule has 1 unspecified atom stereocenters. The summed E-state index contributed by atoms with van der Waals surface area (Å²) in [5.41, 5.74) is -1.70. The van der Waals surface area contributed by atoms with Gasteiger partial charge in [0.15, 0.2) is 11.6 Å². The first-order chi connectivity index (χ1) is 16.8. The number of amides is 1. The van der Waals surface area contributed by atoms with Crippen LogP contribution in [0.5, 0.6) is 0 Å². The van der Waals surface area contributed by atoms with Crippen LogP contribution in [0.4, 0.5) is 36.6 Å². The quantitative estimate of drug-likeness (QED) is 0.465. The summed E-state index contributed by atoms with van der Waals surface area (Å²) in [6.07, 6.45) is -7.98. The highest BCUT2D eigenvalue weighted by Gasteiger charge is 2.43. The van der Waals surface area contributed by atoms with E-state index in [2.05, 4.69) is 15.6 Å². The third-order valence-corrected chi connectivity index (χ3v) is 7.71. The SMILES string of the molecule is CC(C)NC(=O)c1csc2c(C(F)(F)F)c(F)c(N3CCC(NC4CCC(C(F)(F)F)CC4)C3)nc12. The predicted molar refractivity (Wildman–Crippen MR) is 123 cm³/mol. The van der Waals surface area contributed by atoms with Crippen LogP contribution < -0.4 is 15.5 Å². The molecule has 0 radical (unpaired) electrons. The summed E-state index contributed by atoms with van der Waals surface area (Å²) in [5.74, 6) is -3.87. The van der Waals surface area contributed by atoms with Crippen LogP contribution in [-0.2, 0) is 6.18 Å². The third kappa shape index (κ3) is 5.56. The maximum atomic E-state index is 15.3. The molecule has 0 spiro atoms. The number of nitrogens with zero attached hydrogens (tertiary/aromatic N) is 2. The Labute approximate surface area is 207 Å². The molecule has 2 fully saturated rings. The number of hydrogen-bond donors (Lipinski definition) is 2. The first kappa shape index (κ1) is 26.9. The van der Waals surface area contributed by atoms with Crippen LogP contribution in [0.3, 0.4) is 0 Å². The number of thiophene rings is 1. The Hall–Kier alpha value is -2.15. The van der Waals surface area contributed by atoms with Gasteiger partial charge in [0.2, 0.25) is 0 Å². The minimum atomic E-state index is -4.99. The molecule has 2 aromatic heterocycles. The summed E-state index contributed by atoms with van der Waals surface area (Å²) in [4.78, 5) is 18.1. The summed E-state index contributed by atoms with van der Waals surface area (Å²) in [7, 11) is 0. The summed E-state index contributed by atoms with van der Waals surface area (Å²) in [5, 5.41) is 7.17. The highest BCUT2D eigenvalue weighted by atomic mass is 32.1. The molecule has 0 bridgehead atoms. The fourth-order valence-corrected chi connectivity index (χ4v) is 6.02. The van der Waals surface area contributed by atoms with Crippen molar-refractivity contribution in [3.63, 3.8) is 0 Å². The van der Waals surface area contributed by atoms with Crippen molar-refractivity contribution < 1.29 is 35.5 Å². The second-order valence-corrected chi connectivity index (χ2v) is 10.6. The van der Waals surface area contributed by atoms with Gasteiger partial charge in [-0.05, 0) is 46.0 Å². The Bertz CT molecular complexity index is 1110. The van der Waals surface area contributed by atoms with E-state index < -0.39 is 46.1 Å². The molecule has 1 saturated carbocycles. The number of fused-ring (bicyclic) bond motifs is 1. The second-order valence-electron chi connectivity index (χ2n) is 9.77. The molecular formula is C23H27F7N4OS. The van der Waals surface area contributed by atoms with E-state index in [-0.39, 0.29) is 55.1 Å².